The molecule has 0 amide bonds. The van der Waals surface area contributed by atoms with Crippen molar-refractivity contribution in [1.82, 2.24) is 0 Å². The van der Waals surface area contributed by atoms with Gasteiger partial charge >= 0.3 is 0 Å². The summed E-state index contributed by atoms with van der Waals surface area (Å²) in [6.07, 6.45) is 0.767. The molecule has 1 atom stereocenters. The van der Waals surface area contributed by atoms with Gasteiger partial charge in [0.15, 0.2) is 0 Å². The molecule has 0 bridgehead atoms. The number of nitrogen functional groups attached to an aromatic ring is 1. The SMILES string of the molecule is Nc1cc2c(cc1[N+](=O)[O-])C(Nc1ccc(Br)cc1F)N=CN2. The molecule has 0 aromatic heterocycles. The van der Waals surface area contributed by atoms with Gasteiger partial charge in [-0.15, -0.1) is 0 Å². The molecule has 0 saturated heterocycles. The van der Waals surface area contributed by atoms with Gasteiger partial charge < -0.3 is 16.4 Å². The van der Waals surface area contributed by atoms with E-state index in [1.165, 1.54) is 24.5 Å². The number of nitro groups is 1. The van der Waals surface area contributed by atoms with E-state index in [1.807, 2.05) is 0 Å². The van der Waals surface area contributed by atoms with Crippen LogP contribution in [0.15, 0.2) is 39.8 Å². The molecule has 118 valence electrons. The molecule has 0 spiro atoms. The second-order valence-electron chi connectivity index (χ2n) is 4.85. The largest absolute Gasteiger partial charge is 0.393 e. The van der Waals surface area contributed by atoms with Gasteiger partial charge in [0.25, 0.3) is 5.69 Å². The van der Waals surface area contributed by atoms with Crippen LogP contribution in [0.2, 0.25) is 0 Å². The van der Waals surface area contributed by atoms with Crippen molar-refractivity contribution in [3.8, 4) is 0 Å². The first kappa shape index (κ1) is 15.2. The van der Waals surface area contributed by atoms with Crippen LogP contribution in [-0.4, -0.2) is 11.3 Å². The number of hydrogen-bond acceptors (Lipinski definition) is 6. The molecule has 1 aliphatic heterocycles. The average molecular weight is 380 g/mol. The smallest absolute Gasteiger partial charge is 0.292 e. The van der Waals surface area contributed by atoms with E-state index in [0.717, 1.165) is 0 Å². The van der Waals surface area contributed by atoms with Gasteiger partial charge in [0.2, 0.25) is 0 Å². The Kier molecular flexibility index (Phi) is 3.87. The number of nitrogens with one attached hydrogen (secondary N) is 2. The van der Waals surface area contributed by atoms with Crippen LogP contribution >= 0.6 is 15.9 Å². The van der Waals surface area contributed by atoms with Crippen LogP contribution in [0.1, 0.15) is 11.7 Å². The third kappa shape index (κ3) is 2.95. The monoisotopic (exact) mass is 379 g/mol. The van der Waals surface area contributed by atoms with Crippen LogP contribution in [0.25, 0.3) is 0 Å². The molecule has 4 N–H and O–H groups in total. The summed E-state index contributed by atoms with van der Waals surface area (Å²) < 4.78 is 14.6. The summed E-state index contributed by atoms with van der Waals surface area (Å²) in [4.78, 5) is 14.7. The van der Waals surface area contributed by atoms with Crippen molar-refractivity contribution in [1.29, 1.82) is 0 Å². The fourth-order valence-electron chi connectivity index (χ4n) is 2.26. The van der Waals surface area contributed by atoms with E-state index in [0.29, 0.717) is 15.7 Å². The lowest BCUT2D eigenvalue weighted by molar-refractivity contribution is -0.383. The Morgan fingerprint density at radius 1 is 1.39 bits per heavy atom. The van der Waals surface area contributed by atoms with Gasteiger partial charge in [0, 0.05) is 21.8 Å². The van der Waals surface area contributed by atoms with Crippen LogP contribution in [0, 0.1) is 15.9 Å². The molecule has 3 rings (SSSR count). The van der Waals surface area contributed by atoms with E-state index < -0.39 is 16.9 Å². The van der Waals surface area contributed by atoms with Gasteiger partial charge in [-0.25, -0.2) is 9.38 Å². The predicted octanol–water partition coefficient (Wildman–Crippen LogP) is 3.64. The van der Waals surface area contributed by atoms with E-state index in [-0.39, 0.29) is 17.1 Å². The zero-order valence-electron chi connectivity index (χ0n) is 11.6. The lowest BCUT2D eigenvalue weighted by Gasteiger charge is -2.23. The number of nitro benzene ring substituents is 1. The Balaban J connectivity index is 1.99. The summed E-state index contributed by atoms with van der Waals surface area (Å²) in [5, 5.41) is 16.8. The lowest BCUT2D eigenvalue weighted by atomic mass is 10.1. The average Bonchev–Trinajstić information content (AvgIpc) is 2.49. The van der Waals surface area contributed by atoms with Gasteiger partial charge in [-0.1, -0.05) is 15.9 Å². The summed E-state index contributed by atoms with van der Waals surface area (Å²) in [7, 11) is 0. The van der Waals surface area contributed by atoms with Crippen molar-refractivity contribution in [3.05, 3.63) is 56.3 Å². The zero-order chi connectivity index (χ0) is 16.6. The molecule has 0 fully saturated rings. The lowest BCUT2D eigenvalue weighted by Crippen LogP contribution is -2.18. The van der Waals surface area contributed by atoms with Gasteiger partial charge in [-0.2, -0.15) is 0 Å². The Bertz CT molecular complexity index is 827. The van der Waals surface area contributed by atoms with Crippen molar-refractivity contribution < 1.29 is 9.31 Å². The maximum absolute atomic E-state index is 14.0. The minimum Gasteiger partial charge on any atom is -0.393 e. The maximum atomic E-state index is 14.0. The second-order valence-corrected chi connectivity index (χ2v) is 5.76. The highest BCUT2D eigenvalue weighted by Crippen LogP contribution is 2.36. The highest BCUT2D eigenvalue weighted by Gasteiger charge is 2.24. The Morgan fingerprint density at radius 2 is 2.17 bits per heavy atom. The zero-order valence-corrected chi connectivity index (χ0v) is 13.2. The molecule has 2 aromatic carbocycles. The molecule has 1 unspecified atom stereocenters. The quantitative estimate of drug-likeness (QED) is 0.428. The molecular formula is C14H11BrFN5O2. The first-order chi connectivity index (χ1) is 11.0. The number of aliphatic imine (C=N–C) groups is 1. The molecule has 0 aliphatic carbocycles. The molecule has 9 heteroatoms. The van der Waals surface area contributed by atoms with E-state index in [1.54, 1.807) is 12.1 Å². The molecular weight excluding hydrogens is 369 g/mol. The molecule has 7 nitrogen and oxygen atoms in total. The first-order valence-electron chi connectivity index (χ1n) is 6.53. The Hall–Kier alpha value is -2.68. The molecule has 1 heterocycles. The van der Waals surface area contributed by atoms with Crippen molar-refractivity contribution in [2.24, 2.45) is 4.99 Å². The summed E-state index contributed by atoms with van der Waals surface area (Å²) in [6.45, 7) is 0. The number of benzene rings is 2. The topological polar surface area (TPSA) is 106 Å². The van der Waals surface area contributed by atoms with Crippen LogP contribution in [0.5, 0.6) is 0 Å². The highest BCUT2D eigenvalue weighted by molar-refractivity contribution is 9.10. The van der Waals surface area contributed by atoms with E-state index in [2.05, 4.69) is 31.6 Å². The van der Waals surface area contributed by atoms with Crippen LogP contribution < -0.4 is 16.4 Å². The minimum absolute atomic E-state index is 0.0464. The van der Waals surface area contributed by atoms with E-state index in [4.69, 9.17) is 5.73 Å². The fourth-order valence-corrected chi connectivity index (χ4v) is 2.59. The number of fused-ring (bicyclic) bond motifs is 1. The standard InChI is InChI=1S/C14H11BrFN5O2/c15-7-1-2-11(9(16)3-7)20-14-8-4-13(21(22)23)10(17)5-12(8)18-6-19-14/h1-6,14,20H,17H2,(H,18,19). The Morgan fingerprint density at radius 3 is 2.87 bits per heavy atom. The number of nitrogens with two attached hydrogens (primary N) is 1. The van der Waals surface area contributed by atoms with Crippen molar-refractivity contribution >= 4 is 45.0 Å². The van der Waals surface area contributed by atoms with Gasteiger partial charge in [-0.3, -0.25) is 10.1 Å². The molecule has 1 aliphatic rings. The number of halogens is 2. The highest BCUT2D eigenvalue weighted by atomic mass is 79.9. The number of anilines is 3. The van der Waals surface area contributed by atoms with Crippen molar-refractivity contribution in [3.63, 3.8) is 0 Å². The fraction of sp³-hybridized carbons (Fsp3) is 0.0714. The van der Waals surface area contributed by atoms with Crippen LogP contribution in [0.3, 0.4) is 0 Å². The third-order valence-electron chi connectivity index (χ3n) is 3.36. The van der Waals surface area contributed by atoms with Crippen LogP contribution in [-0.2, 0) is 0 Å². The number of hydrogen-bond donors (Lipinski definition) is 3. The summed E-state index contributed by atoms with van der Waals surface area (Å²) in [5.74, 6) is -0.459. The molecule has 0 radical (unpaired) electrons. The van der Waals surface area contributed by atoms with Gasteiger partial charge in [0.05, 0.1) is 16.9 Å². The molecule has 23 heavy (non-hydrogen) atoms. The Labute approximate surface area is 138 Å². The third-order valence-corrected chi connectivity index (χ3v) is 3.85. The first-order valence-corrected chi connectivity index (χ1v) is 7.32. The summed E-state index contributed by atoms with van der Waals surface area (Å²) in [5.41, 5.74) is 6.83. The van der Waals surface area contributed by atoms with Gasteiger partial charge in [-0.05, 0) is 24.3 Å². The summed E-state index contributed by atoms with van der Waals surface area (Å²) in [6, 6.07) is 7.36. The van der Waals surface area contributed by atoms with E-state index in [9.17, 15) is 14.5 Å². The summed E-state index contributed by atoms with van der Waals surface area (Å²) >= 11 is 3.18. The van der Waals surface area contributed by atoms with Crippen molar-refractivity contribution in [2.45, 2.75) is 6.17 Å². The van der Waals surface area contributed by atoms with E-state index >= 15 is 0 Å². The van der Waals surface area contributed by atoms with Crippen LogP contribution in [0.4, 0.5) is 27.1 Å². The number of rotatable bonds is 3. The number of nitrogens with zero attached hydrogens (tertiary/aromatic N) is 2. The molecule has 2 aromatic rings. The predicted molar refractivity (Wildman–Crippen MR) is 90.1 cm³/mol. The molecule has 0 saturated carbocycles. The second kappa shape index (κ2) is 5.84. The van der Waals surface area contributed by atoms with Crippen molar-refractivity contribution in [2.75, 3.05) is 16.4 Å². The normalized spacial score (nSPS) is 15.7. The minimum atomic E-state index is -0.666. The van der Waals surface area contributed by atoms with Gasteiger partial charge in [0.1, 0.15) is 17.7 Å². The maximum Gasteiger partial charge on any atom is 0.292 e.